The molecule has 0 saturated heterocycles. The predicted octanol–water partition coefficient (Wildman–Crippen LogP) is 3.99. The number of unbranched alkanes of at least 4 members (excludes halogenated alkanes) is 6. The lowest BCUT2D eigenvalue weighted by Gasteiger charge is -2.06. The smallest absolute Gasteiger partial charge is 0.0205 e. The van der Waals surface area contributed by atoms with E-state index >= 15 is 0 Å². The number of rotatable bonds is 11. The Hall–Kier alpha value is -0.860. The van der Waals surface area contributed by atoms with E-state index in [2.05, 4.69) is 36.5 Å². The van der Waals surface area contributed by atoms with Gasteiger partial charge in [0.1, 0.15) is 0 Å². The maximum atomic E-state index is 5.64. The molecule has 0 amide bonds. The lowest BCUT2D eigenvalue weighted by molar-refractivity contribution is 0.562. The van der Waals surface area contributed by atoms with Crippen LogP contribution in [0.3, 0.4) is 0 Å². The molecule has 108 valence electrons. The first kappa shape index (κ1) is 16.2. The summed E-state index contributed by atoms with van der Waals surface area (Å²) in [5.41, 5.74) is 8.20. The summed E-state index contributed by atoms with van der Waals surface area (Å²) in [5, 5.41) is 3.51. The Kier molecular flexibility index (Phi) is 9.38. The minimum absolute atomic E-state index is 0.631. The summed E-state index contributed by atoms with van der Waals surface area (Å²) >= 11 is 0. The Balaban J connectivity index is 1.98. The molecule has 0 radical (unpaired) electrons. The minimum atomic E-state index is 0.631. The Labute approximate surface area is 118 Å². The molecular weight excluding hydrogens is 232 g/mol. The van der Waals surface area contributed by atoms with Crippen LogP contribution in [0.2, 0.25) is 0 Å². The quantitative estimate of drug-likeness (QED) is 0.592. The molecule has 2 nitrogen and oxygen atoms in total. The first-order chi connectivity index (χ1) is 9.36. The van der Waals surface area contributed by atoms with Gasteiger partial charge in [-0.25, -0.2) is 0 Å². The van der Waals surface area contributed by atoms with Crippen molar-refractivity contribution >= 4 is 0 Å². The van der Waals surface area contributed by atoms with Gasteiger partial charge in [0.15, 0.2) is 0 Å². The van der Waals surface area contributed by atoms with Gasteiger partial charge in [0.05, 0.1) is 0 Å². The van der Waals surface area contributed by atoms with Crippen molar-refractivity contribution in [2.75, 3.05) is 6.54 Å². The molecule has 1 rings (SSSR count). The Morgan fingerprint density at radius 2 is 1.63 bits per heavy atom. The summed E-state index contributed by atoms with van der Waals surface area (Å²) in [6.45, 7) is 4.99. The molecule has 19 heavy (non-hydrogen) atoms. The van der Waals surface area contributed by atoms with E-state index in [1.54, 1.807) is 0 Å². The van der Waals surface area contributed by atoms with Crippen LogP contribution in [0.5, 0.6) is 0 Å². The third-order valence-electron chi connectivity index (χ3n) is 3.51. The minimum Gasteiger partial charge on any atom is -0.326 e. The number of nitrogens with two attached hydrogens (primary N) is 1. The van der Waals surface area contributed by atoms with Crippen LogP contribution in [-0.4, -0.2) is 6.54 Å². The number of hydrogen-bond acceptors (Lipinski definition) is 2. The van der Waals surface area contributed by atoms with Crippen molar-refractivity contribution in [1.29, 1.82) is 0 Å². The van der Waals surface area contributed by atoms with Crippen LogP contribution in [0, 0.1) is 0 Å². The van der Waals surface area contributed by atoms with Crippen LogP contribution >= 0.6 is 0 Å². The molecular formula is C17H30N2. The standard InChI is InChI=1S/C17H30N2/c1-2-3-4-5-6-7-8-12-19-15-17-11-9-10-16(13-17)14-18/h9-11,13,19H,2-8,12,14-15,18H2,1H3. The van der Waals surface area contributed by atoms with Gasteiger partial charge in [-0.05, 0) is 24.1 Å². The van der Waals surface area contributed by atoms with Gasteiger partial charge in [-0.2, -0.15) is 0 Å². The molecule has 0 bridgehead atoms. The predicted molar refractivity (Wildman–Crippen MR) is 84.0 cm³/mol. The van der Waals surface area contributed by atoms with Crippen molar-refractivity contribution in [2.45, 2.75) is 65.0 Å². The summed E-state index contributed by atoms with van der Waals surface area (Å²) in [6, 6.07) is 8.53. The maximum absolute atomic E-state index is 5.64. The Bertz CT molecular complexity index is 323. The van der Waals surface area contributed by atoms with Gasteiger partial charge in [0, 0.05) is 13.1 Å². The van der Waals surface area contributed by atoms with E-state index in [1.807, 2.05) is 0 Å². The van der Waals surface area contributed by atoms with Crippen LogP contribution in [0.4, 0.5) is 0 Å². The fraction of sp³-hybridized carbons (Fsp3) is 0.647. The summed E-state index contributed by atoms with van der Waals surface area (Å²) in [6.07, 6.45) is 9.61. The first-order valence-electron chi connectivity index (χ1n) is 7.85. The van der Waals surface area contributed by atoms with Crippen molar-refractivity contribution in [1.82, 2.24) is 5.32 Å². The second-order valence-electron chi connectivity index (χ2n) is 5.32. The van der Waals surface area contributed by atoms with Gasteiger partial charge in [-0.15, -0.1) is 0 Å². The van der Waals surface area contributed by atoms with Gasteiger partial charge in [0.25, 0.3) is 0 Å². The van der Waals surface area contributed by atoms with Crippen molar-refractivity contribution in [3.63, 3.8) is 0 Å². The zero-order valence-electron chi connectivity index (χ0n) is 12.5. The molecule has 0 heterocycles. The highest BCUT2D eigenvalue weighted by molar-refractivity contribution is 5.23. The molecule has 0 fully saturated rings. The molecule has 0 aliphatic heterocycles. The largest absolute Gasteiger partial charge is 0.326 e. The lowest BCUT2D eigenvalue weighted by atomic mass is 10.1. The van der Waals surface area contributed by atoms with Crippen LogP contribution < -0.4 is 11.1 Å². The Morgan fingerprint density at radius 1 is 0.947 bits per heavy atom. The third-order valence-corrected chi connectivity index (χ3v) is 3.51. The number of nitrogens with one attached hydrogen (secondary N) is 1. The van der Waals surface area contributed by atoms with Gasteiger partial charge < -0.3 is 11.1 Å². The third kappa shape index (κ3) is 8.02. The molecule has 0 aliphatic carbocycles. The summed E-state index contributed by atoms with van der Waals surface area (Å²) in [4.78, 5) is 0. The second kappa shape index (κ2) is 11.0. The summed E-state index contributed by atoms with van der Waals surface area (Å²) in [7, 11) is 0. The molecule has 1 aromatic rings. The molecule has 0 unspecified atom stereocenters. The van der Waals surface area contributed by atoms with E-state index in [9.17, 15) is 0 Å². The SMILES string of the molecule is CCCCCCCCCNCc1cccc(CN)c1. The van der Waals surface area contributed by atoms with Gasteiger partial charge >= 0.3 is 0 Å². The summed E-state index contributed by atoms with van der Waals surface area (Å²) in [5.74, 6) is 0. The van der Waals surface area contributed by atoms with Crippen LogP contribution in [-0.2, 0) is 13.1 Å². The fourth-order valence-corrected chi connectivity index (χ4v) is 2.31. The van der Waals surface area contributed by atoms with Crippen molar-refractivity contribution in [3.05, 3.63) is 35.4 Å². The van der Waals surface area contributed by atoms with Crippen molar-refractivity contribution in [2.24, 2.45) is 5.73 Å². The van der Waals surface area contributed by atoms with Crippen LogP contribution in [0.25, 0.3) is 0 Å². The zero-order valence-corrected chi connectivity index (χ0v) is 12.5. The topological polar surface area (TPSA) is 38.0 Å². The number of benzene rings is 1. The van der Waals surface area contributed by atoms with Gasteiger partial charge in [-0.1, -0.05) is 69.7 Å². The van der Waals surface area contributed by atoms with E-state index in [1.165, 1.54) is 56.1 Å². The molecule has 3 N–H and O–H groups in total. The average molecular weight is 262 g/mol. The maximum Gasteiger partial charge on any atom is 0.0205 e. The van der Waals surface area contributed by atoms with Gasteiger partial charge in [-0.3, -0.25) is 0 Å². The highest BCUT2D eigenvalue weighted by Gasteiger charge is 1.95. The molecule has 0 saturated carbocycles. The molecule has 1 aromatic carbocycles. The van der Waals surface area contributed by atoms with E-state index in [-0.39, 0.29) is 0 Å². The molecule has 0 spiro atoms. The van der Waals surface area contributed by atoms with E-state index < -0.39 is 0 Å². The Morgan fingerprint density at radius 3 is 2.37 bits per heavy atom. The van der Waals surface area contributed by atoms with E-state index in [0.717, 1.165) is 13.1 Å². The van der Waals surface area contributed by atoms with Crippen LogP contribution in [0.1, 0.15) is 63.0 Å². The monoisotopic (exact) mass is 262 g/mol. The fourth-order valence-electron chi connectivity index (χ4n) is 2.31. The van der Waals surface area contributed by atoms with Crippen molar-refractivity contribution < 1.29 is 0 Å². The molecule has 0 atom stereocenters. The summed E-state index contributed by atoms with van der Waals surface area (Å²) < 4.78 is 0. The highest BCUT2D eigenvalue weighted by atomic mass is 14.8. The van der Waals surface area contributed by atoms with E-state index in [4.69, 9.17) is 5.73 Å². The zero-order chi connectivity index (χ0) is 13.8. The number of hydrogen-bond donors (Lipinski definition) is 2. The van der Waals surface area contributed by atoms with Gasteiger partial charge in [0.2, 0.25) is 0 Å². The van der Waals surface area contributed by atoms with E-state index in [0.29, 0.717) is 6.54 Å². The average Bonchev–Trinajstić information content (AvgIpc) is 2.46. The molecule has 2 heteroatoms. The van der Waals surface area contributed by atoms with Crippen LogP contribution in [0.15, 0.2) is 24.3 Å². The molecule has 0 aliphatic rings. The molecule has 0 aromatic heterocycles. The second-order valence-corrected chi connectivity index (χ2v) is 5.32. The normalized spacial score (nSPS) is 10.8. The lowest BCUT2D eigenvalue weighted by Crippen LogP contribution is -2.14. The van der Waals surface area contributed by atoms with Crippen molar-refractivity contribution in [3.8, 4) is 0 Å². The highest BCUT2D eigenvalue weighted by Crippen LogP contribution is 2.07. The first-order valence-corrected chi connectivity index (χ1v) is 7.85.